The maximum absolute atomic E-state index is 5.58. The first kappa shape index (κ1) is 12.7. The van der Waals surface area contributed by atoms with Crippen LogP contribution in [0.4, 0.5) is 0 Å². The minimum absolute atomic E-state index is 0.730. The Hall–Kier alpha value is -0.340. The molecular weight excluding hydrogens is 252 g/mol. The van der Waals surface area contributed by atoms with Crippen LogP contribution in [0.2, 0.25) is 0 Å². The molecule has 0 aliphatic rings. The van der Waals surface area contributed by atoms with Crippen LogP contribution >= 0.6 is 15.9 Å². The molecule has 0 aliphatic carbocycles. The lowest BCUT2D eigenvalue weighted by Crippen LogP contribution is -2.03. The molecule has 0 radical (unpaired) electrons. The van der Waals surface area contributed by atoms with Gasteiger partial charge in [0.25, 0.3) is 0 Å². The lowest BCUT2D eigenvalue weighted by atomic mass is 10.1. The van der Waals surface area contributed by atoms with Gasteiger partial charge in [0.15, 0.2) is 0 Å². The number of hydrogen-bond acceptors (Lipinski definition) is 1. The molecule has 0 spiro atoms. The molecule has 0 heterocycles. The van der Waals surface area contributed by atoms with Gasteiger partial charge in [0.1, 0.15) is 0 Å². The van der Waals surface area contributed by atoms with Crippen LogP contribution in [-0.4, -0.2) is 13.2 Å². The van der Waals surface area contributed by atoms with E-state index < -0.39 is 0 Å². The van der Waals surface area contributed by atoms with E-state index in [0.717, 1.165) is 32.0 Å². The second kappa shape index (κ2) is 7.02. The van der Waals surface area contributed by atoms with Crippen LogP contribution in [0.25, 0.3) is 0 Å². The van der Waals surface area contributed by atoms with E-state index in [9.17, 15) is 0 Å². The molecule has 0 amide bonds. The monoisotopic (exact) mass is 270 g/mol. The fourth-order valence-electron chi connectivity index (χ4n) is 1.30. The first-order valence-corrected chi connectivity index (χ1v) is 6.30. The van der Waals surface area contributed by atoms with Gasteiger partial charge in [-0.05, 0) is 30.4 Å². The number of hydrogen-bond donors (Lipinski definition) is 0. The quantitative estimate of drug-likeness (QED) is 0.709. The van der Waals surface area contributed by atoms with Crippen LogP contribution in [0, 0.1) is 5.92 Å². The van der Waals surface area contributed by atoms with Crippen molar-refractivity contribution >= 4 is 15.9 Å². The third kappa shape index (κ3) is 5.33. The minimum atomic E-state index is 0.730. The lowest BCUT2D eigenvalue weighted by Gasteiger charge is -2.07. The molecule has 0 atom stereocenters. The van der Waals surface area contributed by atoms with Crippen LogP contribution in [-0.2, 0) is 11.2 Å². The highest BCUT2D eigenvalue weighted by Crippen LogP contribution is 2.16. The largest absolute Gasteiger partial charge is 0.381 e. The van der Waals surface area contributed by atoms with Gasteiger partial charge in [-0.1, -0.05) is 48.0 Å². The first-order chi connectivity index (χ1) is 7.20. The average molecular weight is 271 g/mol. The van der Waals surface area contributed by atoms with E-state index in [-0.39, 0.29) is 0 Å². The summed E-state index contributed by atoms with van der Waals surface area (Å²) in [7, 11) is 0. The molecule has 2 heteroatoms. The van der Waals surface area contributed by atoms with E-state index in [1.54, 1.807) is 0 Å². The number of benzene rings is 1. The van der Waals surface area contributed by atoms with Crippen LogP contribution < -0.4 is 0 Å². The zero-order chi connectivity index (χ0) is 11.1. The average Bonchev–Trinajstić information content (AvgIpc) is 2.20. The van der Waals surface area contributed by atoms with Gasteiger partial charge < -0.3 is 4.74 Å². The highest BCUT2D eigenvalue weighted by molar-refractivity contribution is 9.10. The SMILES string of the molecule is CC(C)CCOCCc1ccccc1Br. The van der Waals surface area contributed by atoms with Crippen molar-refractivity contribution in [2.75, 3.05) is 13.2 Å². The van der Waals surface area contributed by atoms with Crippen LogP contribution in [0.1, 0.15) is 25.8 Å². The Labute approximate surface area is 101 Å². The van der Waals surface area contributed by atoms with Crippen molar-refractivity contribution < 1.29 is 4.74 Å². The van der Waals surface area contributed by atoms with Gasteiger partial charge in [0.05, 0.1) is 6.61 Å². The number of halogens is 1. The number of rotatable bonds is 6. The lowest BCUT2D eigenvalue weighted by molar-refractivity contribution is 0.126. The molecule has 0 aromatic heterocycles. The maximum atomic E-state index is 5.58. The van der Waals surface area contributed by atoms with Gasteiger partial charge in [-0.2, -0.15) is 0 Å². The second-order valence-electron chi connectivity index (χ2n) is 4.14. The minimum Gasteiger partial charge on any atom is -0.381 e. The molecule has 1 aromatic rings. The second-order valence-corrected chi connectivity index (χ2v) is 4.99. The summed E-state index contributed by atoms with van der Waals surface area (Å²) >= 11 is 3.53. The molecule has 1 rings (SSSR count). The van der Waals surface area contributed by atoms with E-state index in [1.165, 1.54) is 10.0 Å². The Kier molecular flexibility index (Phi) is 5.96. The van der Waals surface area contributed by atoms with Gasteiger partial charge in [0, 0.05) is 11.1 Å². The molecule has 0 unspecified atom stereocenters. The molecular formula is C13H19BrO. The first-order valence-electron chi connectivity index (χ1n) is 5.51. The van der Waals surface area contributed by atoms with Crippen LogP contribution in [0.15, 0.2) is 28.7 Å². The topological polar surface area (TPSA) is 9.23 Å². The summed E-state index contributed by atoms with van der Waals surface area (Å²) in [5, 5.41) is 0. The molecule has 0 N–H and O–H groups in total. The van der Waals surface area contributed by atoms with Crippen molar-refractivity contribution in [3.63, 3.8) is 0 Å². The van der Waals surface area contributed by atoms with Crippen molar-refractivity contribution in [1.29, 1.82) is 0 Å². The van der Waals surface area contributed by atoms with Gasteiger partial charge in [-0.3, -0.25) is 0 Å². The van der Waals surface area contributed by atoms with Crippen molar-refractivity contribution in [2.45, 2.75) is 26.7 Å². The predicted octanol–water partition coefficient (Wildman–Crippen LogP) is 4.05. The Bertz CT molecular complexity index is 284. The van der Waals surface area contributed by atoms with Crippen LogP contribution in [0.5, 0.6) is 0 Å². The van der Waals surface area contributed by atoms with Crippen molar-refractivity contribution in [3.8, 4) is 0 Å². The smallest absolute Gasteiger partial charge is 0.0506 e. The summed E-state index contributed by atoms with van der Waals surface area (Å²) < 4.78 is 6.76. The van der Waals surface area contributed by atoms with E-state index in [2.05, 4.69) is 48.0 Å². The third-order valence-corrected chi connectivity index (χ3v) is 3.09. The molecule has 1 aromatic carbocycles. The van der Waals surface area contributed by atoms with Crippen molar-refractivity contribution in [2.24, 2.45) is 5.92 Å². The van der Waals surface area contributed by atoms with Gasteiger partial charge in [-0.15, -0.1) is 0 Å². The molecule has 1 nitrogen and oxygen atoms in total. The van der Waals surface area contributed by atoms with E-state index in [4.69, 9.17) is 4.74 Å². The van der Waals surface area contributed by atoms with Crippen molar-refractivity contribution in [3.05, 3.63) is 34.3 Å². The highest BCUT2D eigenvalue weighted by atomic mass is 79.9. The summed E-state index contributed by atoms with van der Waals surface area (Å²) in [6.45, 7) is 6.13. The summed E-state index contributed by atoms with van der Waals surface area (Å²) in [6.07, 6.45) is 2.13. The van der Waals surface area contributed by atoms with Gasteiger partial charge >= 0.3 is 0 Å². The van der Waals surface area contributed by atoms with E-state index >= 15 is 0 Å². The molecule has 0 fully saturated rings. The fraction of sp³-hybridized carbons (Fsp3) is 0.538. The van der Waals surface area contributed by atoms with E-state index in [1.807, 2.05) is 6.07 Å². The summed E-state index contributed by atoms with van der Waals surface area (Å²) in [5.41, 5.74) is 1.32. The summed E-state index contributed by atoms with van der Waals surface area (Å²) in [4.78, 5) is 0. The molecule has 0 saturated heterocycles. The van der Waals surface area contributed by atoms with Gasteiger partial charge in [-0.25, -0.2) is 0 Å². The fourth-order valence-corrected chi connectivity index (χ4v) is 1.79. The predicted molar refractivity (Wildman–Crippen MR) is 68.1 cm³/mol. The molecule has 15 heavy (non-hydrogen) atoms. The highest BCUT2D eigenvalue weighted by Gasteiger charge is 1.98. The zero-order valence-electron chi connectivity index (χ0n) is 9.50. The standard InChI is InChI=1S/C13H19BrO/c1-11(2)7-9-15-10-8-12-5-3-4-6-13(12)14/h3-6,11H,7-10H2,1-2H3. The van der Waals surface area contributed by atoms with E-state index in [0.29, 0.717) is 0 Å². The summed E-state index contributed by atoms with van der Waals surface area (Å²) in [6, 6.07) is 8.31. The molecule has 0 aliphatic heterocycles. The van der Waals surface area contributed by atoms with Crippen molar-refractivity contribution in [1.82, 2.24) is 0 Å². The maximum Gasteiger partial charge on any atom is 0.0506 e. The summed E-state index contributed by atoms with van der Waals surface area (Å²) in [5.74, 6) is 0.730. The molecule has 84 valence electrons. The molecule has 0 saturated carbocycles. The molecule has 0 bridgehead atoms. The Morgan fingerprint density at radius 1 is 1.20 bits per heavy atom. The third-order valence-electron chi connectivity index (χ3n) is 2.31. The zero-order valence-corrected chi connectivity index (χ0v) is 11.1. The Morgan fingerprint density at radius 3 is 2.60 bits per heavy atom. The number of ether oxygens (including phenoxy) is 1. The Morgan fingerprint density at radius 2 is 1.93 bits per heavy atom. The Balaban J connectivity index is 2.18. The normalized spacial score (nSPS) is 10.9. The van der Waals surface area contributed by atoms with Crippen LogP contribution in [0.3, 0.4) is 0 Å². The van der Waals surface area contributed by atoms with Gasteiger partial charge in [0.2, 0.25) is 0 Å².